The molecule has 4 rings (SSSR count). The quantitative estimate of drug-likeness (QED) is 0.423. The molecule has 0 saturated carbocycles. The van der Waals surface area contributed by atoms with Crippen molar-refractivity contribution in [2.24, 2.45) is 12.1 Å². The summed E-state index contributed by atoms with van der Waals surface area (Å²) in [5.74, 6) is 1.92. The Morgan fingerprint density at radius 3 is 2.75 bits per heavy atom. The Kier molecular flexibility index (Phi) is 4.57. The molecule has 2 aromatic heterocycles. The van der Waals surface area contributed by atoms with Crippen molar-refractivity contribution in [3.05, 3.63) is 53.9 Å². The molecule has 0 aliphatic carbocycles. The molecule has 0 unspecified atom stereocenters. The highest BCUT2D eigenvalue weighted by Crippen LogP contribution is 2.31. The van der Waals surface area contributed by atoms with Gasteiger partial charge in [0.15, 0.2) is 17.3 Å². The molecule has 0 fully saturated rings. The fourth-order valence-electron chi connectivity index (χ4n) is 3.40. The number of rotatable bonds is 5. The van der Waals surface area contributed by atoms with E-state index in [0.717, 1.165) is 27.5 Å². The molecule has 1 N–H and O–H groups in total. The molecule has 0 radical (unpaired) electrons. The minimum absolute atomic E-state index is 0.628. The fraction of sp³-hybridized carbons (Fsp3) is 0.190. The van der Waals surface area contributed by atoms with E-state index < -0.39 is 0 Å². The van der Waals surface area contributed by atoms with Gasteiger partial charge in [-0.3, -0.25) is 5.43 Å². The van der Waals surface area contributed by atoms with Crippen LogP contribution in [0.3, 0.4) is 0 Å². The van der Waals surface area contributed by atoms with Gasteiger partial charge in [-0.05, 0) is 31.2 Å². The molecule has 2 heterocycles. The van der Waals surface area contributed by atoms with E-state index in [1.807, 2.05) is 25.2 Å². The van der Waals surface area contributed by atoms with Crippen LogP contribution in [-0.4, -0.2) is 35.0 Å². The second kappa shape index (κ2) is 7.19. The Morgan fingerprint density at radius 1 is 1.11 bits per heavy atom. The molecule has 7 heteroatoms. The molecular formula is C21H21N5O2. The third-order valence-electron chi connectivity index (χ3n) is 4.73. The SMILES string of the molecule is COc1cccc(C=NNc2ncnc3c4cc(C)ccc4n(C)c23)c1OC. The summed E-state index contributed by atoms with van der Waals surface area (Å²) in [5, 5.41) is 5.46. The van der Waals surface area contributed by atoms with Gasteiger partial charge in [-0.25, -0.2) is 9.97 Å². The number of hydrogen-bond donors (Lipinski definition) is 1. The lowest BCUT2D eigenvalue weighted by Gasteiger charge is -2.09. The zero-order valence-electron chi connectivity index (χ0n) is 16.2. The summed E-state index contributed by atoms with van der Waals surface area (Å²) in [5.41, 5.74) is 7.93. The molecule has 0 aliphatic rings. The summed E-state index contributed by atoms with van der Waals surface area (Å²) in [6, 6.07) is 12.0. The topological polar surface area (TPSA) is 73.6 Å². The molecule has 0 bridgehead atoms. The Hall–Kier alpha value is -3.61. The van der Waals surface area contributed by atoms with Gasteiger partial charge in [-0.15, -0.1) is 0 Å². The predicted octanol–water partition coefficient (Wildman–Crippen LogP) is 3.89. The minimum Gasteiger partial charge on any atom is -0.493 e. The molecular weight excluding hydrogens is 354 g/mol. The maximum absolute atomic E-state index is 5.44. The van der Waals surface area contributed by atoms with Gasteiger partial charge < -0.3 is 14.0 Å². The number of aromatic nitrogens is 3. The molecule has 0 spiro atoms. The van der Waals surface area contributed by atoms with Crippen molar-refractivity contribution >= 4 is 34.0 Å². The summed E-state index contributed by atoms with van der Waals surface area (Å²) in [4.78, 5) is 8.87. The van der Waals surface area contributed by atoms with Gasteiger partial charge in [-0.1, -0.05) is 17.7 Å². The predicted molar refractivity (Wildman–Crippen MR) is 112 cm³/mol. The van der Waals surface area contributed by atoms with Crippen LogP contribution in [0.4, 0.5) is 5.82 Å². The number of hydrazone groups is 1. The number of anilines is 1. The largest absolute Gasteiger partial charge is 0.493 e. The summed E-state index contributed by atoms with van der Waals surface area (Å²) < 4.78 is 12.8. The highest BCUT2D eigenvalue weighted by Gasteiger charge is 2.14. The first-order valence-corrected chi connectivity index (χ1v) is 8.84. The number of para-hydroxylation sites is 1. The van der Waals surface area contributed by atoms with E-state index in [9.17, 15) is 0 Å². The first kappa shape index (κ1) is 17.8. The average Bonchev–Trinajstić information content (AvgIpc) is 3.00. The number of benzene rings is 2. The number of fused-ring (bicyclic) bond motifs is 3. The first-order chi connectivity index (χ1) is 13.6. The molecule has 7 nitrogen and oxygen atoms in total. The Bertz CT molecular complexity index is 1200. The van der Waals surface area contributed by atoms with E-state index in [1.165, 1.54) is 5.56 Å². The highest BCUT2D eigenvalue weighted by molar-refractivity contribution is 6.09. The minimum atomic E-state index is 0.628. The normalized spacial score (nSPS) is 11.4. The smallest absolute Gasteiger partial charge is 0.174 e. The summed E-state index contributed by atoms with van der Waals surface area (Å²) in [7, 11) is 5.22. The fourth-order valence-corrected chi connectivity index (χ4v) is 3.40. The average molecular weight is 375 g/mol. The molecule has 0 aliphatic heterocycles. The van der Waals surface area contributed by atoms with E-state index in [1.54, 1.807) is 26.8 Å². The van der Waals surface area contributed by atoms with Crippen LogP contribution < -0.4 is 14.9 Å². The monoisotopic (exact) mass is 375 g/mol. The van der Waals surface area contributed by atoms with Crippen LogP contribution in [0, 0.1) is 6.92 Å². The lowest BCUT2D eigenvalue weighted by molar-refractivity contribution is 0.354. The van der Waals surface area contributed by atoms with E-state index in [4.69, 9.17) is 9.47 Å². The first-order valence-electron chi connectivity index (χ1n) is 8.84. The lowest BCUT2D eigenvalue weighted by Crippen LogP contribution is -2.00. The van der Waals surface area contributed by atoms with Gasteiger partial charge >= 0.3 is 0 Å². The zero-order valence-corrected chi connectivity index (χ0v) is 16.2. The molecule has 28 heavy (non-hydrogen) atoms. The number of hydrogen-bond acceptors (Lipinski definition) is 6. The maximum Gasteiger partial charge on any atom is 0.174 e. The second-order valence-corrected chi connectivity index (χ2v) is 6.45. The zero-order chi connectivity index (χ0) is 19.7. The molecule has 0 amide bonds. The summed E-state index contributed by atoms with van der Waals surface area (Å²) in [6.07, 6.45) is 3.23. The van der Waals surface area contributed by atoms with Crippen LogP contribution in [0.2, 0.25) is 0 Å². The summed E-state index contributed by atoms with van der Waals surface area (Å²) >= 11 is 0. The van der Waals surface area contributed by atoms with Crippen LogP contribution in [0.15, 0.2) is 47.8 Å². The van der Waals surface area contributed by atoms with E-state index in [2.05, 4.69) is 50.2 Å². The van der Waals surface area contributed by atoms with Crippen LogP contribution in [-0.2, 0) is 7.05 Å². The van der Waals surface area contributed by atoms with Gasteiger partial charge in [0, 0.05) is 18.0 Å². The standard InChI is InChI=1S/C21H21N5O2/c1-13-8-9-16-15(10-13)18-19(26(16)2)21(23-12-22-18)25-24-11-14-6-5-7-17(27-3)20(14)28-4/h5-12H,1-4H3,(H,22,23,25). The van der Waals surface area contributed by atoms with Crippen LogP contribution in [0.25, 0.3) is 21.9 Å². The van der Waals surface area contributed by atoms with Gasteiger partial charge in [0.25, 0.3) is 0 Å². The van der Waals surface area contributed by atoms with Crippen molar-refractivity contribution in [1.29, 1.82) is 0 Å². The Labute approximate surface area is 162 Å². The van der Waals surface area contributed by atoms with Crippen LogP contribution in [0.5, 0.6) is 11.5 Å². The van der Waals surface area contributed by atoms with Crippen LogP contribution >= 0.6 is 0 Å². The molecule has 2 aromatic carbocycles. The van der Waals surface area contributed by atoms with Crippen molar-refractivity contribution in [2.45, 2.75) is 6.92 Å². The second-order valence-electron chi connectivity index (χ2n) is 6.45. The van der Waals surface area contributed by atoms with Gasteiger partial charge in [0.05, 0.1) is 26.0 Å². The number of nitrogens with one attached hydrogen (secondary N) is 1. The molecule has 0 atom stereocenters. The Balaban J connectivity index is 1.74. The van der Waals surface area contributed by atoms with E-state index in [0.29, 0.717) is 17.3 Å². The molecule has 4 aromatic rings. The number of aryl methyl sites for hydroxylation is 2. The van der Waals surface area contributed by atoms with Gasteiger partial charge in [-0.2, -0.15) is 5.10 Å². The van der Waals surface area contributed by atoms with Crippen molar-refractivity contribution in [3.63, 3.8) is 0 Å². The number of nitrogens with zero attached hydrogens (tertiary/aromatic N) is 4. The van der Waals surface area contributed by atoms with Crippen LogP contribution in [0.1, 0.15) is 11.1 Å². The number of methoxy groups -OCH3 is 2. The van der Waals surface area contributed by atoms with E-state index >= 15 is 0 Å². The lowest BCUT2D eigenvalue weighted by atomic mass is 10.1. The van der Waals surface area contributed by atoms with Gasteiger partial charge in [0.2, 0.25) is 0 Å². The van der Waals surface area contributed by atoms with Crippen molar-refractivity contribution in [2.75, 3.05) is 19.6 Å². The Morgan fingerprint density at radius 2 is 1.96 bits per heavy atom. The highest BCUT2D eigenvalue weighted by atomic mass is 16.5. The van der Waals surface area contributed by atoms with Crippen molar-refractivity contribution in [3.8, 4) is 11.5 Å². The third kappa shape index (κ3) is 2.90. The van der Waals surface area contributed by atoms with Crippen molar-refractivity contribution in [1.82, 2.24) is 14.5 Å². The maximum atomic E-state index is 5.44. The van der Waals surface area contributed by atoms with Crippen molar-refractivity contribution < 1.29 is 9.47 Å². The van der Waals surface area contributed by atoms with Gasteiger partial charge in [0.1, 0.15) is 17.4 Å². The van der Waals surface area contributed by atoms with E-state index in [-0.39, 0.29) is 0 Å². The molecule has 142 valence electrons. The summed E-state index contributed by atoms with van der Waals surface area (Å²) in [6.45, 7) is 2.07. The third-order valence-corrected chi connectivity index (χ3v) is 4.73. The number of ether oxygens (including phenoxy) is 2. The molecule has 0 saturated heterocycles.